The number of carbonyl (C=O) groups excluding carboxylic acids is 2. The lowest BCUT2D eigenvalue weighted by Gasteiger charge is -2.13. The number of aryl methyl sites for hydroxylation is 2. The van der Waals surface area contributed by atoms with Crippen LogP contribution in [0.15, 0.2) is 24.3 Å². The quantitative estimate of drug-likeness (QED) is 0.614. The highest BCUT2D eigenvalue weighted by Gasteiger charge is 2.27. The van der Waals surface area contributed by atoms with E-state index in [2.05, 4.69) is 5.32 Å². The topological polar surface area (TPSA) is 64.6 Å². The van der Waals surface area contributed by atoms with Gasteiger partial charge in [-0.25, -0.2) is 4.79 Å². The van der Waals surface area contributed by atoms with Crippen LogP contribution >= 0.6 is 11.3 Å². The van der Waals surface area contributed by atoms with E-state index in [4.69, 9.17) is 9.47 Å². The summed E-state index contributed by atoms with van der Waals surface area (Å²) < 4.78 is 10.3. The molecule has 2 aromatic rings. The second-order valence-corrected chi connectivity index (χ2v) is 7.42. The Hall–Kier alpha value is -2.18. The Bertz CT molecular complexity index is 812. The summed E-state index contributed by atoms with van der Waals surface area (Å²) in [7, 11) is 1.56. The van der Waals surface area contributed by atoms with E-state index in [0.717, 1.165) is 36.8 Å². The molecule has 0 aliphatic heterocycles. The van der Waals surface area contributed by atoms with Gasteiger partial charge in [-0.3, -0.25) is 4.79 Å². The molecule has 1 N–H and O–H groups in total. The molecule has 0 saturated carbocycles. The number of nitrogens with one attached hydrogen (secondary N) is 1. The Morgan fingerprint density at radius 1 is 1.15 bits per heavy atom. The van der Waals surface area contributed by atoms with Crippen LogP contribution in [0.4, 0.5) is 5.00 Å². The molecule has 0 saturated heterocycles. The van der Waals surface area contributed by atoms with Gasteiger partial charge in [0.15, 0.2) is 0 Å². The van der Waals surface area contributed by atoms with Crippen LogP contribution < -0.4 is 5.32 Å². The minimum Gasteiger partial charge on any atom is -0.460 e. The average molecular weight is 373 g/mol. The molecule has 5 nitrogen and oxygen atoms in total. The fourth-order valence-electron chi connectivity index (χ4n) is 3.16. The normalized spacial score (nSPS) is 13.2. The van der Waals surface area contributed by atoms with Crippen LogP contribution in [0.2, 0.25) is 0 Å². The first kappa shape index (κ1) is 18.6. The number of amides is 1. The van der Waals surface area contributed by atoms with Gasteiger partial charge in [-0.2, -0.15) is 0 Å². The van der Waals surface area contributed by atoms with Crippen molar-refractivity contribution in [3.05, 3.63) is 51.4 Å². The van der Waals surface area contributed by atoms with Gasteiger partial charge in [0.1, 0.15) is 11.6 Å². The molecule has 6 heteroatoms. The maximum atomic E-state index is 12.7. The van der Waals surface area contributed by atoms with Crippen LogP contribution in [-0.2, 0) is 22.3 Å². The number of esters is 1. The van der Waals surface area contributed by atoms with E-state index >= 15 is 0 Å². The number of benzene rings is 1. The molecule has 0 bridgehead atoms. The Labute approximate surface area is 157 Å². The molecule has 1 aromatic heterocycles. The number of rotatable bonds is 6. The summed E-state index contributed by atoms with van der Waals surface area (Å²) in [6.45, 7) is 2.45. The number of hydrogen-bond donors (Lipinski definition) is 1. The lowest BCUT2D eigenvalue weighted by molar-refractivity contribution is 0.0388. The summed E-state index contributed by atoms with van der Waals surface area (Å²) >= 11 is 1.49. The van der Waals surface area contributed by atoms with Gasteiger partial charge in [-0.15, -0.1) is 11.3 Å². The van der Waals surface area contributed by atoms with Crippen molar-refractivity contribution in [1.29, 1.82) is 0 Å². The third kappa shape index (κ3) is 3.97. The van der Waals surface area contributed by atoms with Crippen molar-refractivity contribution in [3.63, 3.8) is 0 Å². The van der Waals surface area contributed by atoms with Crippen LogP contribution in [0.25, 0.3) is 0 Å². The molecule has 138 valence electrons. The molecule has 0 radical (unpaired) electrons. The summed E-state index contributed by atoms with van der Waals surface area (Å²) in [6, 6.07) is 7.42. The SMILES string of the molecule is COCCOC(=O)c1c(NC(=O)c2ccccc2C)sc2c1CCCC2. The molecule has 0 unspecified atom stereocenters. The third-order valence-electron chi connectivity index (χ3n) is 4.51. The zero-order chi connectivity index (χ0) is 18.5. The van der Waals surface area contributed by atoms with E-state index < -0.39 is 0 Å². The maximum Gasteiger partial charge on any atom is 0.341 e. The second kappa shape index (κ2) is 8.47. The fraction of sp³-hybridized carbons (Fsp3) is 0.400. The van der Waals surface area contributed by atoms with Gasteiger partial charge in [-0.05, 0) is 49.8 Å². The average Bonchev–Trinajstić information content (AvgIpc) is 3.00. The molecule has 1 heterocycles. The zero-order valence-corrected chi connectivity index (χ0v) is 15.9. The van der Waals surface area contributed by atoms with Crippen LogP contribution in [-0.4, -0.2) is 32.2 Å². The standard InChI is InChI=1S/C20H23NO4S/c1-13-7-3-4-8-14(13)18(22)21-19-17(20(23)25-12-11-24-2)15-9-5-6-10-16(15)26-19/h3-4,7-8H,5-6,9-12H2,1-2H3,(H,21,22). The van der Waals surface area contributed by atoms with Crippen LogP contribution in [0.3, 0.4) is 0 Å². The molecule has 3 rings (SSSR count). The van der Waals surface area contributed by atoms with Crippen LogP contribution in [0, 0.1) is 6.92 Å². The molecule has 1 amide bonds. The minimum atomic E-state index is -0.387. The van der Waals surface area contributed by atoms with Gasteiger partial charge in [0, 0.05) is 17.6 Å². The van der Waals surface area contributed by atoms with Gasteiger partial charge in [0.25, 0.3) is 5.91 Å². The molecule has 0 spiro atoms. The predicted molar refractivity (Wildman–Crippen MR) is 102 cm³/mol. The lowest BCUT2D eigenvalue weighted by Crippen LogP contribution is -2.17. The number of carbonyl (C=O) groups is 2. The van der Waals surface area contributed by atoms with Gasteiger partial charge in [-0.1, -0.05) is 18.2 Å². The molecule has 1 aromatic carbocycles. The van der Waals surface area contributed by atoms with Gasteiger partial charge < -0.3 is 14.8 Å². The molecular formula is C20H23NO4S. The number of methoxy groups -OCH3 is 1. The highest BCUT2D eigenvalue weighted by molar-refractivity contribution is 7.17. The van der Waals surface area contributed by atoms with Gasteiger partial charge in [0.2, 0.25) is 0 Å². The Morgan fingerprint density at radius 2 is 1.92 bits per heavy atom. The predicted octanol–water partition coefficient (Wildman–Crippen LogP) is 3.99. The highest BCUT2D eigenvalue weighted by Crippen LogP contribution is 2.38. The summed E-state index contributed by atoms with van der Waals surface area (Å²) in [6.07, 6.45) is 3.95. The fourth-order valence-corrected chi connectivity index (χ4v) is 4.43. The van der Waals surface area contributed by atoms with Crippen molar-refractivity contribution >= 4 is 28.2 Å². The monoisotopic (exact) mass is 373 g/mol. The van der Waals surface area contributed by atoms with E-state index in [-0.39, 0.29) is 18.5 Å². The van der Waals surface area contributed by atoms with Gasteiger partial charge >= 0.3 is 5.97 Å². The Morgan fingerprint density at radius 3 is 2.69 bits per heavy atom. The van der Waals surface area contributed by atoms with Crippen LogP contribution in [0.5, 0.6) is 0 Å². The first-order valence-electron chi connectivity index (χ1n) is 8.79. The van der Waals surface area contributed by atoms with Crippen LogP contribution in [0.1, 0.15) is 49.6 Å². The van der Waals surface area contributed by atoms with Gasteiger partial charge in [0.05, 0.1) is 12.2 Å². The Kier molecular flexibility index (Phi) is 6.06. The van der Waals surface area contributed by atoms with E-state index in [1.54, 1.807) is 13.2 Å². The van der Waals surface area contributed by atoms with Crippen molar-refractivity contribution in [2.75, 3.05) is 25.6 Å². The van der Waals surface area contributed by atoms with E-state index in [1.807, 2.05) is 25.1 Å². The van der Waals surface area contributed by atoms with E-state index in [9.17, 15) is 9.59 Å². The number of hydrogen-bond acceptors (Lipinski definition) is 5. The highest BCUT2D eigenvalue weighted by atomic mass is 32.1. The first-order valence-corrected chi connectivity index (χ1v) is 9.61. The smallest absolute Gasteiger partial charge is 0.341 e. The summed E-state index contributed by atoms with van der Waals surface area (Å²) in [5.74, 6) is -0.589. The van der Waals surface area contributed by atoms with Crippen molar-refractivity contribution in [3.8, 4) is 0 Å². The van der Waals surface area contributed by atoms with Crippen molar-refractivity contribution in [2.45, 2.75) is 32.6 Å². The minimum absolute atomic E-state index is 0.200. The summed E-state index contributed by atoms with van der Waals surface area (Å²) in [5.41, 5.74) is 3.06. The number of anilines is 1. The van der Waals surface area contributed by atoms with Crippen molar-refractivity contribution < 1.29 is 19.1 Å². The molecule has 0 atom stereocenters. The zero-order valence-electron chi connectivity index (χ0n) is 15.1. The van der Waals surface area contributed by atoms with Crippen molar-refractivity contribution in [1.82, 2.24) is 0 Å². The number of fused-ring (bicyclic) bond motifs is 1. The molecule has 26 heavy (non-hydrogen) atoms. The summed E-state index contributed by atoms with van der Waals surface area (Å²) in [4.78, 5) is 26.5. The number of ether oxygens (including phenoxy) is 2. The molecule has 1 aliphatic carbocycles. The third-order valence-corrected chi connectivity index (χ3v) is 5.72. The second-order valence-electron chi connectivity index (χ2n) is 6.31. The molecule has 1 aliphatic rings. The maximum absolute atomic E-state index is 12.7. The lowest BCUT2D eigenvalue weighted by atomic mass is 9.95. The van der Waals surface area contributed by atoms with E-state index in [0.29, 0.717) is 22.7 Å². The first-order chi connectivity index (χ1) is 12.6. The molecule has 0 fully saturated rings. The Balaban J connectivity index is 1.88. The van der Waals surface area contributed by atoms with E-state index in [1.165, 1.54) is 16.2 Å². The largest absolute Gasteiger partial charge is 0.460 e. The summed E-state index contributed by atoms with van der Waals surface area (Å²) in [5, 5.41) is 3.53. The molecular weight excluding hydrogens is 350 g/mol. The number of thiophene rings is 1. The van der Waals surface area contributed by atoms with Crippen molar-refractivity contribution in [2.24, 2.45) is 0 Å².